The minimum atomic E-state index is 0.374. The van der Waals surface area contributed by atoms with Crippen LogP contribution >= 0.6 is 0 Å². The van der Waals surface area contributed by atoms with Crippen LogP contribution in [0.25, 0.3) is 0 Å². The zero-order chi connectivity index (χ0) is 9.80. The van der Waals surface area contributed by atoms with E-state index in [9.17, 15) is 0 Å². The molecule has 0 bridgehead atoms. The van der Waals surface area contributed by atoms with Crippen LogP contribution in [0.3, 0.4) is 0 Å². The Bertz CT molecular complexity index is 169. The number of aliphatic hydroxyl groups is 1. The van der Waals surface area contributed by atoms with Crippen molar-refractivity contribution in [3.05, 3.63) is 0 Å². The molecule has 2 fully saturated rings. The van der Waals surface area contributed by atoms with E-state index < -0.39 is 0 Å². The number of hydrogen-bond acceptors (Lipinski definition) is 3. The van der Waals surface area contributed by atoms with Gasteiger partial charge in [0.05, 0.1) is 0 Å². The van der Waals surface area contributed by atoms with Crippen LogP contribution in [0.1, 0.15) is 25.7 Å². The third kappa shape index (κ3) is 2.47. The first-order chi connectivity index (χ1) is 6.90. The number of aliphatic hydroxyl groups excluding tert-OH is 1. The van der Waals surface area contributed by atoms with Crippen LogP contribution in [0.2, 0.25) is 0 Å². The molecule has 2 unspecified atom stereocenters. The van der Waals surface area contributed by atoms with Crippen LogP contribution in [-0.2, 0) is 0 Å². The predicted molar refractivity (Wildman–Crippen MR) is 57.3 cm³/mol. The molecule has 3 heteroatoms. The van der Waals surface area contributed by atoms with Crippen molar-refractivity contribution in [3.8, 4) is 0 Å². The lowest BCUT2D eigenvalue weighted by Gasteiger charge is -2.32. The lowest BCUT2D eigenvalue weighted by atomic mass is 10.0. The summed E-state index contributed by atoms with van der Waals surface area (Å²) in [5.74, 6) is 0.792. The second-order valence-electron chi connectivity index (χ2n) is 4.63. The van der Waals surface area contributed by atoms with Crippen LogP contribution in [0.4, 0.5) is 0 Å². The van der Waals surface area contributed by atoms with Gasteiger partial charge in [0.25, 0.3) is 0 Å². The van der Waals surface area contributed by atoms with Gasteiger partial charge in [0, 0.05) is 38.8 Å². The lowest BCUT2D eigenvalue weighted by molar-refractivity contribution is 0.169. The van der Waals surface area contributed by atoms with E-state index in [-0.39, 0.29) is 0 Å². The highest BCUT2D eigenvalue weighted by molar-refractivity contribution is 4.84. The molecular weight excluding hydrogens is 176 g/mol. The average Bonchev–Trinajstić information content (AvgIpc) is 2.68. The van der Waals surface area contributed by atoms with Crippen LogP contribution in [-0.4, -0.2) is 48.8 Å². The maximum Gasteiger partial charge on any atom is 0.0433 e. The zero-order valence-corrected chi connectivity index (χ0v) is 8.91. The summed E-state index contributed by atoms with van der Waals surface area (Å²) in [6.07, 6.45) is 5.02. The molecule has 2 aliphatic rings. The number of hydrogen-bond donors (Lipinski definition) is 2. The second-order valence-corrected chi connectivity index (χ2v) is 4.63. The Kier molecular flexibility index (Phi) is 3.79. The van der Waals surface area contributed by atoms with Crippen molar-refractivity contribution in [1.82, 2.24) is 10.2 Å². The maximum absolute atomic E-state index is 8.90. The predicted octanol–water partition coefficient (Wildman–Crippen LogP) is 0.443. The molecule has 1 aliphatic heterocycles. The molecule has 0 aromatic heterocycles. The molecule has 3 nitrogen and oxygen atoms in total. The highest BCUT2D eigenvalue weighted by Crippen LogP contribution is 2.31. The standard InChI is InChI=1S/C11H22N2O/c14-8-3-10-1-2-11(9-10)13-6-4-12-5-7-13/h10-12,14H,1-9H2. The summed E-state index contributed by atoms with van der Waals surface area (Å²) in [7, 11) is 0. The van der Waals surface area contributed by atoms with Gasteiger partial charge in [0.1, 0.15) is 0 Å². The van der Waals surface area contributed by atoms with E-state index in [0.29, 0.717) is 6.61 Å². The normalized spacial score (nSPS) is 34.9. The quantitative estimate of drug-likeness (QED) is 0.691. The smallest absolute Gasteiger partial charge is 0.0433 e. The minimum absolute atomic E-state index is 0.374. The van der Waals surface area contributed by atoms with Gasteiger partial charge in [-0.3, -0.25) is 4.90 Å². The van der Waals surface area contributed by atoms with Gasteiger partial charge >= 0.3 is 0 Å². The molecule has 1 aliphatic carbocycles. The molecule has 1 saturated heterocycles. The highest BCUT2D eigenvalue weighted by atomic mass is 16.3. The monoisotopic (exact) mass is 198 g/mol. The first-order valence-electron chi connectivity index (χ1n) is 5.96. The van der Waals surface area contributed by atoms with E-state index in [4.69, 9.17) is 5.11 Å². The molecular formula is C11H22N2O. The van der Waals surface area contributed by atoms with Crippen molar-refractivity contribution in [1.29, 1.82) is 0 Å². The van der Waals surface area contributed by atoms with E-state index >= 15 is 0 Å². The number of rotatable bonds is 3. The zero-order valence-electron chi connectivity index (χ0n) is 8.91. The van der Waals surface area contributed by atoms with Crippen LogP contribution in [0, 0.1) is 5.92 Å². The molecule has 14 heavy (non-hydrogen) atoms. The molecule has 2 atom stereocenters. The van der Waals surface area contributed by atoms with Gasteiger partial charge in [-0.15, -0.1) is 0 Å². The Balaban J connectivity index is 1.76. The van der Waals surface area contributed by atoms with Gasteiger partial charge in [-0.1, -0.05) is 0 Å². The number of nitrogens with one attached hydrogen (secondary N) is 1. The lowest BCUT2D eigenvalue weighted by Crippen LogP contribution is -2.47. The summed E-state index contributed by atoms with van der Waals surface area (Å²) >= 11 is 0. The minimum Gasteiger partial charge on any atom is -0.396 e. The van der Waals surface area contributed by atoms with Crippen molar-refractivity contribution in [3.63, 3.8) is 0 Å². The summed E-state index contributed by atoms with van der Waals surface area (Å²) < 4.78 is 0. The third-order valence-electron chi connectivity index (χ3n) is 3.72. The van der Waals surface area contributed by atoms with Gasteiger partial charge in [-0.2, -0.15) is 0 Å². The molecule has 2 N–H and O–H groups in total. The van der Waals surface area contributed by atoms with Crippen molar-refractivity contribution in [2.45, 2.75) is 31.7 Å². The van der Waals surface area contributed by atoms with Crippen molar-refractivity contribution >= 4 is 0 Å². The molecule has 1 heterocycles. The van der Waals surface area contributed by atoms with Gasteiger partial charge in [0.2, 0.25) is 0 Å². The summed E-state index contributed by atoms with van der Waals surface area (Å²) in [6.45, 7) is 5.12. The summed E-state index contributed by atoms with van der Waals surface area (Å²) in [4.78, 5) is 2.63. The van der Waals surface area contributed by atoms with Crippen molar-refractivity contribution < 1.29 is 5.11 Å². The Morgan fingerprint density at radius 1 is 1.21 bits per heavy atom. The number of nitrogens with zero attached hydrogens (tertiary/aromatic N) is 1. The first-order valence-corrected chi connectivity index (χ1v) is 5.96. The van der Waals surface area contributed by atoms with Crippen LogP contribution in [0.5, 0.6) is 0 Å². The highest BCUT2D eigenvalue weighted by Gasteiger charge is 2.29. The van der Waals surface area contributed by atoms with E-state index in [2.05, 4.69) is 10.2 Å². The number of piperazine rings is 1. The third-order valence-corrected chi connectivity index (χ3v) is 3.72. The summed E-state index contributed by atoms with van der Waals surface area (Å²) in [5, 5.41) is 12.3. The van der Waals surface area contributed by atoms with E-state index in [0.717, 1.165) is 31.5 Å². The Morgan fingerprint density at radius 2 is 2.00 bits per heavy atom. The van der Waals surface area contributed by atoms with Gasteiger partial charge in [-0.25, -0.2) is 0 Å². The SMILES string of the molecule is OCCC1CCC(N2CCNCC2)C1. The van der Waals surface area contributed by atoms with Gasteiger partial charge in [0.15, 0.2) is 0 Å². The Morgan fingerprint density at radius 3 is 2.71 bits per heavy atom. The Labute approximate surface area is 86.5 Å². The van der Waals surface area contributed by atoms with Gasteiger partial charge in [-0.05, 0) is 31.6 Å². The van der Waals surface area contributed by atoms with E-state index in [1.807, 2.05) is 0 Å². The molecule has 1 saturated carbocycles. The van der Waals surface area contributed by atoms with Crippen LogP contribution < -0.4 is 5.32 Å². The second kappa shape index (κ2) is 5.10. The first kappa shape index (κ1) is 10.4. The molecule has 0 spiro atoms. The van der Waals surface area contributed by atoms with Crippen molar-refractivity contribution in [2.75, 3.05) is 32.8 Å². The van der Waals surface area contributed by atoms with E-state index in [1.54, 1.807) is 0 Å². The average molecular weight is 198 g/mol. The summed E-state index contributed by atoms with van der Waals surface area (Å²) in [6, 6.07) is 0.814. The molecule has 0 aromatic rings. The fraction of sp³-hybridized carbons (Fsp3) is 1.00. The van der Waals surface area contributed by atoms with Crippen molar-refractivity contribution in [2.24, 2.45) is 5.92 Å². The fourth-order valence-corrected chi connectivity index (χ4v) is 2.87. The van der Waals surface area contributed by atoms with Crippen LogP contribution in [0.15, 0.2) is 0 Å². The largest absolute Gasteiger partial charge is 0.396 e. The molecule has 0 aromatic carbocycles. The summed E-state index contributed by atoms with van der Waals surface area (Å²) in [5.41, 5.74) is 0. The Hall–Kier alpha value is -0.120. The van der Waals surface area contributed by atoms with Gasteiger partial charge < -0.3 is 10.4 Å². The fourth-order valence-electron chi connectivity index (χ4n) is 2.87. The molecule has 0 amide bonds. The molecule has 82 valence electrons. The van der Waals surface area contributed by atoms with E-state index in [1.165, 1.54) is 32.4 Å². The molecule has 0 radical (unpaired) electrons. The topological polar surface area (TPSA) is 35.5 Å². The molecule has 2 rings (SSSR count). The maximum atomic E-state index is 8.90.